The number of rotatable bonds is 7. The lowest BCUT2D eigenvalue weighted by molar-refractivity contribution is 0.311. The Morgan fingerprint density at radius 1 is 1.18 bits per heavy atom. The molecule has 0 heterocycles. The van der Waals surface area contributed by atoms with Crippen molar-refractivity contribution < 1.29 is 17.3 Å². The van der Waals surface area contributed by atoms with Crippen LogP contribution in [0.15, 0.2) is 24.3 Å². The molecule has 0 aliphatic carbocycles. The second-order valence-corrected chi connectivity index (χ2v) is 5.44. The summed E-state index contributed by atoms with van der Waals surface area (Å²) in [6.07, 6.45) is 3.51. The first-order valence-corrected chi connectivity index (χ1v) is 7.31. The monoisotopic (exact) mass is 258 g/mol. The van der Waals surface area contributed by atoms with Crippen molar-refractivity contribution in [2.75, 3.05) is 20.0 Å². The summed E-state index contributed by atoms with van der Waals surface area (Å²) in [7, 11) is -1.66. The Balaban J connectivity index is 2.31. The maximum atomic E-state index is 10.7. The number of ether oxygens (including phenoxy) is 1. The Bertz CT molecular complexity index is 440. The van der Waals surface area contributed by atoms with Crippen molar-refractivity contribution in [3.05, 3.63) is 29.8 Å². The number of hydrogen-bond donors (Lipinski definition) is 0. The summed E-state index contributed by atoms with van der Waals surface area (Å²) in [5.74, 6) is 0.872. The van der Waals surface area contributed by atoms with Gasteiger partial charge < -0.3 is 4.74 Å². The molecule has 0 N–H and O–H groups in total. The summed E-state index contributed by atoms with van der Waals surface area (Å²) in [5.41, 5.74) is 1.13. The van der Waals surface area contributed by atoms with E-state index in [0.29, 0.717) is 6.42 Å². The first-order chi connectivity index (χ1) is 8.03. The Morgan fingerprint density at radius 3 is 2.53 bits per heavy atom. The molecule has 5 heteroatoms. The van der Waals surface area contributed by atoms with Crippen molar-refractivity contribution in [3.63, 3.8) is 0 Å². The van der Waals surface area contributed by atoms with Gasteiger partial charge in [-0.3, -0.25) is 4.18 Å². The van der Waals surface area contributed by atoms with Gasteiger partial charge in [0.25, 0.3) is 10.1 Å². The highest BCUT2D eigenvalue weighted by molar-refractivity contribution is 7.85. The van der Waals surface area contributed by atoms with Crippen molar-refractivity contribution >= 4 is 10.1 Å². The first-order valence-electron chi connectivity index (χ1n) is 5.49. The molecule has 96 valence electrons. The molecule has 0 unspecified atom stereocenters. The van der Waals surface area contributed by atoms with Crippen LogP contribution in [0.3, 0.4) is 0 Å². The molecule has 4 nitrogen and oxygen atoms in total. The van der Waals surface area contributed by atoms with Crippen molar-refractivity contribution in [3.8, 4) is 5.75 Å². The zero-order valence-electron chi connectivity index (χ0n) is 10.2. The lowest BCUT2D eigenvalue weighted by atomic mass is 10.1. The number of aryl methyl sites for hydroxylation is 1. The average Bonchev–Trinajstić information content (AvgIpc) is 2.27. The second kappa shape index (κ2) is 6.61. The summed E-state index contributed by atoms with van der Waals surface area (Å²) < 4.78 is 31.3. The average molecular weight is 258 g/mol. The first kappa shape index (κ1) is 14.0. The Kier molecular flexibility index (Phi) is 5.44. The molecule has 0 aromatic heterocycles. The maximum Gasteiger partial charge on any atom is 0.264 e. The minimum Gasteiger partial charge on any atom is -0.496 e. The molecule has 0 fully saturated rings. The van der Waals surface area contributed by atoms with Crippen LogP contribution in [0.4, 0.5) is 0 Å². The van der Waals surface area contributed by atoms with E-state index in [4.69, 9.17) is 4.74 Å². The van der Waals surface area contributed by atoms with E-state index in [-0.39, 0.29) is 6.61 Å². The summed E-state index contributed by atoms with van der Waals surface area (Å²) in [6.45, 7) is 0.244. The van der Waals surface area contributed by atoms with Gasteiger partial charge in [0, 0.05) is 0 Å². The summed E-state index contributed by atoms with van der Waals surface area (Å²) in [4.78, 5) is 0. The second-order valence-electron chi connectivity index (χ2n) is 3.80. The predicted octanol–water partition coefficient (Wildman–Crippen LogP) is 1.99. The molecule has 0 bridgehead atoms. The molecule has 0 aliphatic rings. The Morgan fingerprint density at radius 2 is 1.88 bits per heavy atom. The Hall–Kier alpha value is -1.07. The van der Waals surface area contributed by atoms with Crippen LogP contribution >= 0.6 is 0 Å². The van der Waals surface area contributed by atoms with Crippen LogP contribution < -0.4 is 4.74 Å². The van der Waals surface area contributed by atoms with Crippen molar-refractivity contribution in [1.82, 2.24) is 0 Å². The topological polar surface area (TPSA) is 52.6 Å². The van der Waals surface area contributed by atoms with Crippen LogP contribution in [0.2, 0.25) is 0 Å². The van der Waals surface area contributed by atoms with E-state index in [9.17, 15) is 8.42 Å². The molecular formula is C12H18O4S. The fraction of sp³-hybridized carbons (Fsp3) is 0.500. The summed E-state index contributed by atoms with van der Waals surface area (Å²) in [6, 6.07) is 7.82. The molecule has 0 aliphatic heterocycles. The molecule has 0 saturated carbocycles. The molecule has 1 aromatic rings. The van der Waals surface area contributed by atoms with E-state index < -0.39 is 10.1 Å². The summed E-state index contributed by atoms with van der Waals surface area (Å²) >= 11 is 0. The van der Waals surface area contributed by atoms with Gasteiger partial charge in [0.15, 0.2) is 0 Å². The van der Waals surface area contributed by atoms with Gasteiger partial charge in [-0.15, -0.1) is 0 Å². The fourth-order valence-corrected chi connectivity index (χ4v) is 1.96. The van der Waals surface area contributed by atoms with E-state index in [1.807, 2.05) is 24.3 Å². The van der Waals surface area contributed by atoms with E-state index in [1.54, 1.807) is 7.11 Å². The normalized spacial score (nSPS) is 11.4. The molecule has 1 rings (SSSR count). The highest BCUT2D eigenvalue weighted by atomic mass is 32.2. The lowest BCUT2D eigenvalue weighted by Gasteiger charge is -2.07. The van der Waals surface area contributed by atoms with Crippen molar-refractivity contribution in [2.45, 2.75) is 19.3 Å². The number of benzene rings is 1. The maximum absolute atomic E-state index is 10.7. The molecule has 0 amide bonds. The van der Waals surface area contributed by atoms with Crippen LogP contribution in [0.1, 0.15) is 18.4 Å². The van der Waals surface area contributed by atoms with Gasteiger partial charge in [-0.05, 0) is 30.9 Å². The lowest BCUT2D eigenvalue weighted by Crippen LogP contribution is -2.04. The van der Waals surface area contributed by atoms with Crippen LogP contribution in [0.25, 0.3) is 0 Å². The van der Waals surface area contributed by atoms with E-state index in [2.05, 4.69) is 4.18 Å². The molecular weight excluding hydrogens is 240 g/mol. The number of unbranched alkanes of at least 4 members (excludes halogenated alkanes) is 1. The Labute approximate surface area is 103 Å². The zero-order valence-corrected chi connectivity index (χ0v) is 11.0. The highest BCUT2D eigenvalue weighted by Crippen LogP contribution is 2.19. The van der Waals surface area contributed by atoms with Crippen LogP contribution in [0, 0.1) is 0 Å². The van der Waals surface area contributed by atoms with Gasteiger partial charge in [-0.1, -0.05) is 18.2 Å². The minimum atomic E-state index is -3.31. The van der Waals surface area contributed by atoms with Gasteiger partial charge >= 0.3 is 0 Å². The van der Waals surface area contributed by atoms with Gasteiger partial charge in [-0.25, -0.2) is 0 Å². The molecule has 1 aromatic carbocycles. The van der Waals surface area contributed by atoms with Gasteiger partial charge in [0.2, 0.25) is 0 Å². The number of hydrogen-bond acceptors (Lipinski definition) is 4. The minimum absolute atomic E-state index is 0.244. The third kappa shape index (κ3) is 5.70. The third-order valence-electron chi connectivity index (χ3n) is 2.33. The van der Waals surface area contributed by atoms with E-state index in [1.165, 1.54) is 0 Å². The van der Waals surface area contributed by atoms with Gasteiger partial charge in [-0.2, -0.15) is 8.42 Å². The SMILES string of the molecule is COc1ccccc1CCCCOS(C)(=O)=O. The van der Waals surface area contributed by atoms with Gasteiger partial charge in [0.1, 0.15) is 5.75 Å². The molecule has 0 atom stereocenters. The zero-order chi connectivity index (χ0) is 12.7. The largest absolute Gasteiger partial charge is 0.496 e. The van der Waals surface area contributed by atoms with E-state index >= 15 is 0 Å². The third-order valence-corrected chi connectivity index (χ3v) is 2.93. The quantitative estimate of drug-likeness (QED) is 0.554. The van der Waals surface area contributed by atoms with Crippen molar-refractivity contribution in [1.29, 1.82) is 0 Å². The number of para-hydroxylation sites is 1. The summed E-state index contributed by atoms with van der Waals surface area (Å²) in [5, 5.41) is 0. The van der Waals surface area contributed by atoms with Crippen LogP contribution in [-0.4, -0.2) is 28.4 Å². The molecule has 0 saturated heterocycles. The van der Waals surface area contributed by atoms with Crippen LogP contribution in [0.5, 0.6) is 5.75 Å². The number of methoxy groups -OCH3 is 1. The van der Waals surface area contributed by atoms with Gasteiger partial charge in [0.05, 0.1) is 20.0 Å². The fourth-order valence-electron chi connectivity index (χ4n) is 1.54. The van der Waals surface area contributed by atoms with Crippen molar-refractivity contribution in [2.24, 2.45) is 0 Å². The highest BCUT2D eigenvalue weighted by Gasteiger charge is 2.03. The molecule has 0 radical (unpaired) electrons. The van der Waals surface area contributed by atoms with Crippen LogP contribution in [-0.2, 0) is 20.7 Å². The predicted molar refractivity (Wildman–Crippen MR) is 66.7 cm³/mol. The molecule has 17 heavy (non-hydrogen) atoms. The standard InChI is InChI=1S/C12H18O4S/c1-15-12-9-4-3-7-11(12)8-5-6-10-16-17(2,13)14/h3-4,7,9H,5-6,8,10H2,1-2H3. The molecule has 0 spiro atoms. The smallest absolute Gasteiger partial charge is 0.264 e. The van der Waals surface area contributed by atoms with E-state index in [0.717, 1.165) is 30.4 Å².